The van der Waals surface area contributed by atoms with Crippen LogP contribution in [0.3, 0.4) is 0 Å². The van der Waals surface area contributed by atoms with E-state index in [4.69, 9.17) is 4.74 Å². The number of amides is 1. The average molecular weight is 578 g/mol. The summed E-state index contributed by atoms with van der Waals surface area (Å²) in [6.07, 6.45) is 9.97. The Balaban J connectivity index is 2.46. The molecule has 0 aromatic carbocycles. The number of carbonyl (C=O) groups excluding carboxylic acids is 3. The minimum Gasteiger partial charge on any atom is -0.449 e. The number of hydrogen-bond donors (Lipinski definition) is 2. The largest absolute Gasteiger partial charge is 0.449 e. The average Bonchev–Trinajstić information content (AvgIpc) is 3.20. The number of hydrogen-bond acceptors (Lipinski definition) is 6. The van der Waals surface area contributed by atoms with Gasteiger partial charge in [0.1, 0.15) is 0 Å². The van der Waals surface area contributed by atoms with Gasteiger partial charge in [-0.05, 0) is 87.0 Å². The summed E-state index contributed by atoms with van der Waals surface area (Å²) in [7, 11) is 0. The molecule has 0 aromatic heterocycles. The van der Waals surface area contributed by atoms with Crippen molar-refractivity contribution in [3.05, 3.63) is 12.2 Å². The molecule has 0 radical (unpaired) electrons. The lowest BCUT2D eigenvalue weighted by Crippen LogP contribution is -2.63. The first-order chi connectivity index (χ1) is 18.4. The molecule has 1 fully saturated rings. The van der Waals surface area contributed by atoms with Crippen molar-refractivity contribution in [2.45, 2.75) is 157 Å². The number of rotatable bonds is 13. The Morgan fingerprint density at radius 2 is 1.34 bits per heavy atom. The fourth-order valence-corrected chi connectivity index (χ4v) is 6.06. The molecule has 1 heterocycles. The van der Waals surface area contributed by atoms with Crippen LogP contribution >= 0.6 is 0 Å². The summed E-state index contributed by atoms with van der Waals surface area (Å²) in [5.74, 6) is 0.396. The van der Waals surface area contributed by atoms with Crippen molar-refractivity contribution in [3.63, 3.8) is 0 Å². The predicted octanol–water partition coefficient (Wildman–Crippen LogP) is 7.23. The first-order valence-corrected chi connectivity index (χ1v) is 15.7. The maximum absolute atomic E-state index is 13.4. The molecule has 238 valence electrons. The van der Waals surface area contributed by atoms with Gasteiger partial charge < -0.3 is 15.0 Å². The van der Waals surface area contributed by atoms with Crippen molar-refractivity contribution in [2.24, 2.45) is 10.8 Å². The molecule has 0 unspecified atom stereocenters. The van der Waals surface area contributed by atoms with Crippen molar-refractivity contribution in [1.29, 1.82) is 0 Å². The fourth-order valence-electron chi connectivity index (χ4n) is 6.06. The third-order valence-electron chi connectivity index (χ3n) is 7.30. The summed E-state index contributed by atoms with van der Waals surface area (Å²) in [5, 5.41) is 7.12. The van der Waals surface area contributed by atoms with E-state index in [1.54, 1.807) is 4.90 Å². The van der Waals surface area contributed by atoms with Crippen molar-refractivity contribution in [1.82, 2.24) is 15.5 Å². The molecule has 2 atom stereocenters. The van der Waals surface area contributed by atoms with Gasteiger partial charge in [0.05, 0.1) is 17.7 Å². The van der Waals surface area contributed by atoms with Crippen LogP contribution in [0.4, 0.5) is 4.79 Å². The van der Waals surface area contributed by atoms with Crippen LogP contribution in [0.15, 0.2) is 12.2 Å². The minimum absolute atomic E-state index is 0.135. The summed E-state index contributed by atoms with van der Waals surface area (Å²) in [6, 6.07) is 0. The molecular formula is C34H63N3O4. The van der Waals surface area contributed by atoms with Gasteiger partial charge in [0.15, 0.2) is 11.6 Å². The van der Waals surface area contributed by atoms with Crippen molar-refractivity contribution in [2.75, 3.05) is 19.7 Å². The SMILES string of the molecule is CC(C)(C)N[C@@]1(C(=O)C(C)(C)C)CCN(C(=O)OCCC/C=C/CCCC[C@@](C)(NC(C)(C)C)C(=O)C(C)(C)C)C1. The maximum atomic E-state index is 13.4. The molecule has 1 aliphatic rings. The van der Waals surface area contributed by atoms with E-state index >= 15 is 0 Å². The van der Waals surface area contributed by atoms with Crippen molar-refractivity contribution >= 4 is 17.7 Å². The third kappa shape index (κ3) is 12.6. The smallest absolute Gasteiger partial charge is 0.409 e. The number of Topliss-reactive ketones (excluding diaryl/α,β-unsaturated/α-hetero) is 2. The molecule has 7 nitrogen and oxygen atoms in total. The zero-order chi connectivity index (χ0) is 31.9. The Kier molecular flexibility index (Phi) is 12.9. The standard InChI is InChI=1S/C34H63N3O4/c1-29(2,3)26(38)33(13,35-31(7,8)9)21-19-17-15-14-16-18-20-24-41-28(40)37-23-22-34(25-37,36-32(10,11)12)27(39)30(4,5)6/h14,16,35-36H,15,17-25H2,1-13H3/b16-14+/t33-,34+/m1/s1. The fraction of sp³-hybridized carbons (Fsp3) is 0.853. The first kappa shape index (κ1) is 37.3. The predicted molar refractivity (Wildman–Crippen MR) is 170 cm³/mol. The number of likely N-dealkylation sites (tertiary alicyclic amines) is 1. The second-order valence-corrected chi connectivity index (χ2v) is 16.5. The van der Waals surface area contributed by atoms with E-state index < -0.39 is 16.5 Å². The third-order valence-corrected chi connectivity index (χ3v) is 7.30. The number of unbranched alkanes of at least 4 members (excludes halogenated alkanes) is 3. The van der Waals surface area contributed by atoms with E-state index in [0.717, 1.165) is 38.5 Å². The number of nitrogens with zero attached hydrogens (tertiary/aromatic N) is 1. The van der Waals surface area contributed by atoms with E-state index in [9.17, 15) is 14.4 Å². The lowest BCUT2D eigenvalue weighted by Gasteiger charge is -2.40. The van der Waals surface area contributed by atoms with Gasteiger partial charge in [0, 0.05) is 35.0 Å². The van der Waals surface area contributed by atoms with E-state index in [2.05, 4.69) is 71.3 Å². The van der Waals surface area contributed by atoms with Gasteiger partial charge in [0.25, 0.3) is 0 Å². The monoisotopic (exact) mass is 577 g/mol. The lowest BCUT2D eigenvalue weighted by molar-refractivity contribution is -0.134. The summed E-state index contributed by atoms with van der Waals surface area (Å²) in [6.45, 7) is 27.5. The molecule has 1 aliphatic heterocycles. The van der Waals surface area contributed by atoms with E-state index in [0.29, 0.717) is 26.1 Å². The topological polar surface area (TPSA) is 87.7 Å². The Hall–Kier alpha value is -1.73. The number of allylic oxidation sites excluding steroid dienone is 2. The van der Waals surface area contributed by atoms with Gasteiger partial charge in [-0.2, -0.15) is 0 Å². The van der Waals surface area contributed by atoms with Crippen LogP contribution in [0.5, 0.6) is 0 Å². The van der Waals surface area contributed by atoms with Gasteiger partial charge in [-0.3, -0.25) is 14.9 Å². The Labute approximate surface area is 252 Å². The molecular weight excluding hydrogens is 514 g/mol. The zero-order valence-corrected chi connectivity index (χ0v) is 28.8. The van der Waals surface area contributed by atoms with Gasteiger partial charge >= 0.3 is 6.09 Å². The zero-order valence-electron chi connectivity index (χ0n) is 28.8. The van der Waals surface area contributed by atoms with Crippen LogP contribution in [0.25, 0.3) is 0 Å². The highest BCUT2D eigenvalue weighted by molar-refractivity contribution is 5.94. The molecule has 41 heavy (non-hydrogen) atoms. The minimum atomic E-state index is -0.751. The molecule has 0 aromatic rings. The summed E-state index contributed by atoms with van der Waals surface area (Å²) in [5.41, 5.74) is -2.57. The highest BCUT2D eigenvalue weighted by atomic mass is 16.6. The number of ether oxygens (including phenoxy) is 1. The van der Waals surface area contributed by atoms with Gasteiger partial charge in [0.2, 0.25) is 0 Å². The second-order valence-electron chi connectivity index (χ2n) is 16.5. The molecule has 0 saturated carbocycles. The van der Waals surface area contributed by atoms with Gasteiger partial charge in [-0.15, -0.1) is 0 Å². The summed E-state index contributed by atoms with van der Waals surface area (Å²) >= 11 is 0. The van der Waals surface area contributed by atoms with Crippen LogP contribution < -0.4 is 10.6 Å². The van der Waals surface area contributed by atoms with Gasteiger partial charge in [-0.1, -0.05) is 60.1 Å². The molecule has 0 spiro atoms. The number of carbonyl (C=O) groups is 3. The van der Waals surface area contributed by atoms with Crippen molar-refractivity contribution < 1.29 is 19.1 Å². The Bertz CT molecular complexity index is 914. The number of nitrogens with one attached hydrogen (secondary N) is 2. The van der Waals surface area contributed by atoms with Gasteiger partial charge in [-0.25, -0.2) is 4.79 Å². The molecule has 0 aliphatic carbocycles. The van der Waals surface area contributed by atoms with Crippen LogP contribution in [0, 0.1) is 10.8 Å². The second kappa shape index (κ2) is 14.2. The first-order valence-electron chi connectivity index (χ1n) is 15.7. The highest BCUT2D eigenvalue weighted by Gasteiger charge is 2.51. The van der Waals surface area contributed by atoms with E-state index in [1.165, 1.54) is 0 Å². The molecule has 0 bridgehead atoms. The summed E-state index contributed by atoms with van der Waals surface area (Å²) in [4.78, 5) is 41.0. The summed E-state index contributed by atoms with van der Waals surface area (Å²) < 4.78 is 5.56. The van der Waals surface area contributed by atoms with Crippen LogP contribution in [0.2, 0.25) is 0 Å². The van der Waals surface area contributed by atoms with Crippen molar-refractivity contribution in [3.8, 4) is 0 Å². The molecule has 1 rings (SSSR count). The molecule has 1 amide bonds. The van der Waals surface area contributed by atoms with E-state index in [1.807, 2.05) is 41.5 Å². The molecule has 7 heteroatoms. The molecule has 1 saturated heterocycles. The molecule has 2 N–H and O–H groups in total. The van der Waals surface area contributed by atoms with Crippen LogP contribution in [-0.4, -0.2) is 64.4 Å². The number of ketones is 2. The highest BCUT2D eigenvalue weighted by Crippen LogP contribution is 2.33. The Morgan fingerprint density at radius 1 is 0.780 bits per heavy atom. The van der Waals surface area contributed by atoms with Crippen LogP contribution in [0.1, 0.15) is 135 Å². The van der Waals surface area contributed by atoms with E-state index in [-0.39, 0.29) is 34.2 Å². The normalized spacial score (nSPS) is 20.4. The Morgan fingerprint density at radius 3 is 1.83 bits per heavy atom. The quantitative estimate of drug-likeness (QED) is 0.177. The van der Waals surface area contributed by atoms with Crippen LogP contribution in [-0.2, 0) is 14.3 Å². The lowest BCUT2D eigenvalue weighted by atomic mass is 9.75. The maximum Gasteiger partial charge on any atom is 0.409 e.